The van der Waals surface area contributed by atoms with E-state index in [0.29, 0.717) is 25.2 Å². The van der Waals surface area contributed by atoms with E-state index < -0.39 is 10.0 Å². The lowest BCUT2D eigenvalue weighted by atomic mass is 10.1. The Morgan fingerprint density at radius 3 is 2.17 bits per heavy atom. The molecule has 0 spiro atoms. The first kappa shape index (κ1) is 22.5. The number of hydrogen-bond donors (Lipinski definition) is 1. The first-order valence-corrected chi connectivity index (χ1v) is 12.1. The predicted molar refractivity (Wildman–Crippen MR) is 119 cm³/mol. The molecule has 0 radical (unpaired) electrons. The molecular formula is C23H31N3O3S. The minimum Gasteiger partial charge on any atom is -0.350 e. The Bertz CT molecular complexity index is 920. The summed E-state index contributed by atoms with van der Waals surface area (Å²) in [6, 6.07) is 16.6. The zero-order valence-corrected chi connectivity index (χ0v) is 18.6. The molecular weight excluding hydrogens is 398 g/mol. The molecule has 0 bridgehead atoms. The third-order valence-corrected chi connectivity index (χ3v) is 7.75. The fourth-order valence-electron chi connectivity index (χ4n) is 3.97. The molecule has 1 saturated heterocycles. The van der Waals surface area contributed by atoms with Crippen LogP contribution in [0.2, 0.25) is 0 Å². The number of benzene rings is 2. The van der Waals surface area contributed by atoms with Crippen molar-refractivity contribution in [2.24, 2.45) is 0 Å². The van der Waals surface area contributed by atoms with Crippen LogP contribution in [0.5, 0.6) is 0 Å². The van der Waals surface area contributed by atoms with Crippen molar-refractivity contribution in [1.29, 1.82) is 0 Å². The molecule has 7 heteroatoms. The Balaban J connectivity index is 1.69. The number of carbonyl (C=O) groups excluding carboxylic acids is 1. The van der Waals surface area contributed by atoms with E-state index in [1.807, 2.05) is 32.0 Å². The molecule has 1 atom stereocenters. The molecule has 30 heavy (non-hydrogen) atoms. The van der Waals surface area contributed by atoms with Gasteiger partial charge in [-0.1, -0.05) is 44.2 Å². The summed E-state index contributed by atoms with van der Waals surface area (Å²) in [4.78, 5) is 15.3. The number of nitrogens with zero attached hydrogens (tertiary/aromatic N) is 2. The van der Waals surface area contributed by atoms with E-state index in [0.717, 1.165) is 13.1 Å². The molecule has 1 aliphatic heterocycles. The van der Waals surface area contributed by atoms with Crippen LogP contribution in [-0.2, 0) is 10.0 Å². The number of amides is 1. The number of hydrogen-bond acceptors (Lipinski definition) is 4. The van der Waals surface area contributed by atoms with Crippen molar-refractivity contribution in [3.8, 4) is 0 Å². The van der Waals surface area contributed by atoms with E-state index in [4.69, 9.17) is 0 Å². The lowest BCUT2D eigenvalue weighted by Gasteiger charge is -2.28. The molecule has 1 amide bonds. The molecule has 2 aromatic carbocycles. The maximum atomic E-state index is 12.7. The van der Waals surface area contributed by atoms with Crippen molar-refractivity contribution >= 4 is 15.9 Å². The Morgan fingerprint density at radius 1 is 1.00 bits per heavy atom. The molecule has 1 fully saturated rings. The van der Waals surface area contributed by atoms with E-state index in [1.54, 1.807) is 12.1 Å². The summed E-state index contributed by atoms with van der Waals surface area (Å²) in [6.45, 7) is 7.04. The molecule has 0 aliphatic carbocycles. The van der Waals surface area contributed by atoms with Crippen molar-refractivity contribution in [1.82, 2.24) is 14.5 Å². The van der Waals surface area contributed by atoms with Gasteiger partial charge in [-0.25, -0.2) is 8.42 Å². The molecule has 0 aromatic heterocycles. The van der Waals surface area contributed by atoms with Crippen LogP contribution in [0.15, 0.2) is 59.5 Å². The smallest absolute Gasteiger partial charge is 0.251 e. The van der Waals surface area contributed by atoms with Crippen LogP contribution in [0, 0.1) is 0 Å². The van der Waals surface area contributed by atoms with Gasteiger partial charge >= 0.3 is 0 Å². The SMILES string of the molecule is CCN(CC)S(=O)(=O)c1ccc(C(=O)NC[C@H](c2ccccc2)N2CCCC2)cc1. The average molecular weight is 430 g/mol. The molecule has 1 N–H and O–H groups in total. The Kier molecular flexibility index (Phi) is 7.64. The topological polar surface area (TPSA) is 69.7 Å². The summed E-state index contributed by atoms with van der Waals surface area (Å²) in [7, 11) is -3.52. The van der Waals surface area contributed by atoms with E-state index in [9.17, 15) is 13.2 Å². The van der Waals surface area contributed by atoms with Crippen LogP contribution in [0.25, 0.3) is 0 Å². The number of carbonyl (C=O) groups is 1. The van der Waals surface area contributed by atoms with Crippen molar-refractivity contribution in [2.75, 3.05) is 32.7 Å². The highest BCUT2D eigenvalue weighted by molar-refractivity contribution is 7.89. The summed E-state index contributed by atoms with van der Waals surface area (Å²) < 4.78 is 26.6. The van der Waals surface area contributed by atoms with E-state index >= 15 is 0 Å². The maximum Gasteiger partial charge on any atom is 0.251 e. The lowest BCUT2D eigenvalue weighted by molar-refractivity contribution is 0.0938. The molecule has 3 rings (SSSR count). The minimum atomic E-state index is -3.52. The van der Waals surface area contributed by atoms with Crippen LogP contribution < -0.4 is 5.32 Å². The highest BCUT2D eigenvalue weighted by Crippen LogP contribution is 2.24. The van der Waals surface area contributed by atoms with Crippen LogP contribution in [0.1, 0.15) is 48.7 Å². The van der Waals surface area contributed by atoms with Crippen LogP contribution in [0.4, 0.5) is 0 Å². The highest BCUT2D eigenvalue weighted by atomic mass is 32.2. The molecule has 162 valence electrons. The van der Waals surface area contributed by atoms with Crippen LogP contribution in [-0.4, -0.2) is 56.3 Å². The number of likely N-dealkylation sites (tertiary alicyclic amines) is 1. The van der Waals surface area contributed by atoms with Crippen LogP contribution in [0.3, 0.4) is 0 Å². The monoisotopic (exact) mass is 429 g/mol. The minimum absolute atomic E-state index is 0.139. The molecule has 2 aromatic rings. The van der Waals surface area contributed by atoms with Gasteiger partial charge in [0, 0.05) is 25.2 Å². The summed E-state index contributed by atoms with van der Waals surface area (Å²) in [5.74, 6) is -0.193. The average Bonchev–Trinajstić information content (AvgIpc) is 3.30. The standard InChI is InChI=1S/C23H31N3O3S/c1-3-26(4-2)30(28,29)21-14-12-20(13-15-21)23(27)24-18-22(25-16-8-9-17-25)19-10-6-5-7-11-19/h5-7,10-15,22H,3-4,8-9,16-18H2,1-2H3,(H,24,27)/t22-/m1/s1. The highest BCUT2D eigenvalue weighted by Gasteiger charge is 2.25. The molecule has 1 aliphatic rings. The van der Waals surface area contributed by atoms with Gasteiger partial charge in [0.1, 0.15) is 0 Å². The lowest BCUT2D eigenvalue weighted by Crippen LogP contribution is -2.36. The predicted octanol–water partition coefficient (Wildman–Crippen LogP) is 3.28. The molecule has 1 heterocycles. The van der Waals surface area contributed by atoms with Crippen molar-refractivity contribution < 1.29 is 13.2 Å². The number of sulfonamides is 1. The van der Waals surface area contributed by atoms with E-state index in [2.05, 4.69) is 22.3 Å². The van der Waals surface area contributed by atoms with Crippen molar-refractivity contribution in [3.63, 3.8) is 0 Å². The zero-order chi connectivity index (χ0) is 21.6. The third kappa shape index (κ3) is 5.09. The van der Waals surface area contributed by atoms with Gasteiger partial charge in [0.25, 0.3) is 5.91 Å². The maximum absolute atomic E-state index is 12.7. The van der Waals surface area contributed by atoms with Crippen molar-refractivity contribution in [3.05, 3.63) is 65.7 Å². The van der Waals surface area contributed by atoms with Gasteiger partial charge in [-0.3, -0.25) is 9.69 Å². The number of nitrogens with one attached hydrogen (secondary N) is 1. The van der Waals surface area contributed by atoms with Gasteiger partial charge in [0.2, 0.25) is 10.0 Å². The fraction of sp³-hybridized carbons (Fsp3) is 0.435. The summed E-state index contributed by atoms with van der Waals surface area (Å²) in [5, 5.41) is 3.04. The van der Waals surface area contributed by atoms with E-state index in [1.165, 1.54) is 34.8 Å². The second-order valence-electron chi connectivity index (χ2n) is 7.49. The first-order valence-electron chi connectivity index (χ1n) is 10.6. The zero-order valence-electron chi connectivity index (χ0n) is 17.8. The summed E-state index contributed by atoms with van der Waals surface area (Å²) in [6.07, 6.45) is 2.36. The van der Waals surface area contributed by atoms with Gasteiger partial charge < -0.3 is 5.32 Å². The molecule has 0 unspecified atom stereocenters. The second kappa shape index (κ2) is 10.2. The first-order chi connectivity index (χ1) is 14.5. The van der Waals surface area contributed by atoms with Gasteiger partial charge in [0.05, 0.1) is 10.9 Å². The third-order valence-electron chi connectivity index (χ3n) is 5.68. The quantitative estimate of drug-likeness (QED) is 0.664. The van der Waals surface area contributed by atoms with Gasteiger partial charge in [-0.05, 0) is 55.8 Å². The van der Waals surface area contributed by atoms with Gasteiger partial charge in [-0.2, -0.15) is 4.31 Å². The fourth-order valence-corrected chi connectivity index (χ4v) is 5.43. The van der Waals surface area contributed by atoms with E-state index in [-0.39, 0.29) is 16.8 Å². The second-order valence-corrected chi connectivity index (χ2v) is 9.43. The number of rotatable bonds is 9. The summed E-state index contributed by atoms with van der Waals surface area (Å²) in [5.41, 5.74) is 1.65. The Morgan fingerprint density at radius 2 is 1.60 bits per heavy atom. The normalized spacial score (nSPS) is 16.0. The van der Waals surface area contributed by atoms with Gasteiger partial charge in [-0.15, -0.1) is 0 Å². The molecule has 6 nitrogen and oxygen atoms in total. The van der Waals surface area contributed by atoms with Crippen LogP contribution >= 0.6 is 0 Å². The van der Waals surface area contributed by atoms with Crippen molar-refractivity contribution in [2.45, 2.75) is 37.6 Å². The Labute approximate surface area is 179 Å². The Hall–Kier alpha value is -2.22. The molecule has 0 saturated carbocycles. The van der Waals surface area contributed by atoms with Gasteiger partial charge in [0.15, 0.2) is 0 Å². The largest absolute Gasteiger partial charge is 0.350 e. The summed E-state index contributed by atoms with van der Waals surface area (Å²) >= 11 is 0.